The molecule has 0 aliphatic carbocycles. The minimum Gasteiger partial charge on any atom is -0.507 e. The van der Waals surface area contributed by atoms with E-state index in [-0.39, 0.29) is 60.5 Å². The number of hydrogen-bond acceptors (Lipinski definition) is 3. The molecule has 0 amide bonds. The van der Waals surface area contributed by atoms with Gasteiger partial charge in [0.1, 0.15) is 11.6 Å². The van der Waals surface area contributed by atoms with Crippen LogP contribution >= 0.6 is 0 Å². The molecular weight excluding hydrogens is 842 g/mol. The number of phenolic OH excluding ortho intramolecular Hbond substituents is 1. The molecule has 2 aromatic heterocycles. The standard InChI is InChI=1S/C49H42N3O.Pt/c1-31-19-21-34(22-20-31)36-23-24-50-44(29-36)38-26-37(27-39(28-38)49(4,5)6)41-16-12-17-45-47(41)51-48(42-15-10-11-18-46(42)53)52(45)40-25-32(2)33(3)43(30-40)35-13-8-7-9-14-35;/h7-25,27-30,53H,1-6H3;/q-1;/i1D3,2D3,3D3,19D,20D,21D,22D;. The molecule has 8 rings (SSSR count). The van der Waals surface area contributed by atoms with E-state index in [1.807, 2.05) is 45.0 Å². The van der Waals surface area contributed by atoms with Gasteiger partial charge in [0.15, 0.2) is 0 Å². The van der Waals surface area contributed by atoms with Gasteiger partial charge in [-0.25, -0.2) is 4.98 Å². The van der Waals surface area contributed by atoms with Crippen LogP contribution < -0.4 is 0 Å². The maximum Gasteiger partial charge on any atom is 0.148 e. The Hall–Kier alpha value is -5.57. The predicted molar refractivity (Wildman–Crippen MR) is 219 cm³/mol. The minimum atomic E-state index is -2.86. The number of rotatable bonds is 6. The molecule has 0 radical (unpaired) electrons. The van der Waals surface area contributed by atoms with Crippen molar-refractivity contribution in [2.75, 3.05) is 0 Å². The van der Waals surface area contributed by atoms with Gasteiger partial charge in [-0.2, -0.15) is 0 Å². The Morgan fingerprint density at radius 3 is 2.20 bits per heavy atom. The molecule has 0 atom stereocenters. The summed E-state index contributed by atoms with van der Waals surface area (Å²) in [5.41, 5.74) is 3.69. The van der Waals surface area contributed by atoms with Crippen molar-refractivity contribution in [3.8, 4) is 67.5 Å². The van der Waals surface area contributed by atoms with E-state index in [0.717, 1.165) is 5.56 Å². The maximum atomic E-state index is 11.3. The third-order valence-electron chi connectivity index (χ3n) is 9.27. The molecule has 2 heterocycles. The third kappa shape index (κ3) is 6.95. The first kappa shape index (κ1) is 24.0. The first-order chi connectivity index (χ1) is 30.9. The van der Waals surface area contributed by atoms with E-state index < -0.39 is 55.7 Å². The van der Waals surface area contributed by atoms with Crippen molar-refractivity contribution in [3.05, 3.63) is 168 Å². The van der Waals surface area contributed by atoms with Crippen LogP contribution in [0, 0.1) is 26.6 Å². The molecule has 0 fully saturated rings. The van der Waals surface area contributed by atoms with Crippen LogP contribution in [0.25, 0.3) is 72.7 Å². The van der Waals surface area contributed by atoms with Crippen LogP contribution in [0.2, 0.25) is 0 Å². The van der Waals surface area contributed by atoms with E-state index >= 15 is 0 Å². The summed E-state index contributed by atoms with van der Waals surface area (Å²) in [6.07, 6.45) is 1.47. The van der Waals surface area contributed by atoms with E-state index in [2.05, 4.69) is 11.1 Å². The fourth-order valence-electron chi connectivity index (χ4n) is 6.50. The van der Waals surface area contributed by atoms with Gasteiger partial charge in [0.2, 0.25) is 0 Å². The molecule has 8 aromatic rings. The molecule has 54 heavy (non-hydrogen) atoms. The van der Waals surface area contributed by atoms with Crippen molar-refractivity contribution in [2.45, 2.75) is 46.7 Å². The van der Waals surface area contributed by atoms with Crippen LogP contribution in [-0.4, -0.2) is 19.6 Å². The Labute approximate surface area is 350 Å². The van der Waals surface area contributed by atoms with Crippen LogP contribution in [0.4, 0.5) is 0 Å². The first-order valence-electron chi connectivity index (χ1n) is 23.6. The molecular formula is C49H42N3OPt-. The molecule has 4 nitrogen and oxygen atoms in total. The Morgan fingerprint density at radius 1 is 0.704 bits per heavy atom. The van der Waals surface area contributed by atoms with Gasteiger partial charge >= 0.3 is 0 Å². The minimum absolute atomic E-state index is 0. The number of imidazole rings is 1. The number of aromatic hydroxyl groups is 1. The number of fused-ring (bicyclic) bond motifs is 1. The second-order valence-electron chi connectivity index (χ2n) is 13.9. The zero-order chi connectivity index (χ0) is 47.8. The normalized spacial score (nSPS) is 15.6. The number of nitrogens with zero attached hydrogens (tertiary/aromatic N) is 3. The van der Waals surface area contributed by atoms with Crippen LogP contribution in [0.3, 0.4) is 0 Å². The SMILES string of the molecule is [2H]c1c([2H])c(C([2H])([2H])[2H])c([2H])c([2H])c1-c1ccnc(-c2[c-]c(-c3cccc4c3nc(-c3ccccc3O)n4-c3cc(-c4ccccc4)c(C([2H])([2H])[2H])c(C([2H])([2H])[2H])c3)cc(C(C)(C)C)c2)c1.[Pt]. The van der Waals surface area contributed by atoms with Gasteiger partial charge < -0.3 is 5.11 Å². The quantitative estimate of drug-likeness (QED) is 0.169. The average Bonchev–Trinajstić information content (AvgIpc) is 3.64. The largest absolute Gasteiger partial charge is 0.507 e. The summed E-state index contributed by atoms with van der Waals surface area (Å²) in [7, 11) is 0. The van der Waals surface area contributed by atoms with Crippen LogP contribution in [0.5, 0.6) is 5.75 Å². The predicted octanol–water partition coefficient (Wildman–Crippen LogP) is 12.5. The van der Waals surface area contributed by atoms with Crippen molar-refractivity contribution < 1.29 is 44.0 Å². The van der Waals surface area contributed by atoms with Crippen LogP contribution in [0.1, 0.15) is 60.8 Å². The first-order valence-corrected chi connectivity index (χ1v) is 17.1. The number of aryl methyl sites for hydroxylation is 1. The van der Waals surface area contributed by atoms with Crippen LogP contribution in [0.15, 0.2) is 140 Å². The smallest absolute Gasteiger partial charge is 0.148 e. The number of hydrogen-bond donors (Lipinski definition) is 1. The molecule has 5 heteroatoms. The van der Waals surface area contributed by atoms with Gasteiger partial charge in [-0.05, 0) is 95.7 Å². The van der Waals surface area contributed by atoms with Gasteiger partial charge in [-0.15, -0.1) is 29.3 Å². The molecule has 0 saturated heterocycles. The van der Waals surface area contributed by atoms with Gasteiger partial charge in [0.25, 0.3) is 0 Å². The zero-order valence-corrected chi connectivity index (χ0v) is 31.8. The van der Waals surface area contributed by atoms with Crippen molar-refractivity contribution in [3.63, 3.8) is 0 Å². The number of pyridine rings is 1. The molecule has 1 N–H and O–H groups in total. The summed E-state index contributed by atoms with van der Waals surface area (Å²) < 4.78 is 111. The van der Waals surface area contributed by atoms with E-state index in [1.54, 1.807) is 71.3 Å². The molecule has 0 aliphatic heterocycles. The fourth-order valence-corrected chi connectivity index (χ4v) is 6.50. The fraction of sp³-hybridized carbons (Fsp3) is 0.143. The summed E-state index contributed by atoms with van der Waals surface area (Å²) >= 11 is 0. The molecule has 270 valence electrons. The van der Waals surface area contributed by atoms with E-state index in [1.165, 1.54) is 24.4 Å². The maximum absolute atomic E-state index is 11.3. The Balaban J connectivity index is 0.00000666. The zero-order valence-electron chi connectivity index (χ0n) is 42.6. The van der Waals surface area contributed by atoms with Gasteiger partial charge in [0.05, 0.1) is 22.1 Å². The monoisotopic (exact) mass is 896 g/mol. The average molecular weight is 897 g/mol. The molecule has 0 unspecified atom stereocenters. The van der Waals surface area contributed by atoms with Crippen molar-refractivity contribution in [1.82, 2.24) is 14.5 Å². The summed E-state index contributed by atoms with van der Waals surface area (Å²) in [6, 6.07) is 32.0. The molecule has 0 saturated carbocycles. The number of phenols is 1. The third-order valence-corrected chi connectivity index (χ3v) is 9.27. The Kier molecular flexibility index (Phi) is 6.52. The summed E-state index contributed by atoms with van der Waals surface area (Å²) in [4.78, 5) is 9.81. The molecule has 0 bridgehead atoms. The number of benzene rings is 6. The second kappa shape index (κ2) is 14.7. The molecule has 0 spiro atoms. The van der Waals surface area contributed by atoms with Crippen molar-refractivity contribution >= 4 is 11.0 Å². The Bertz CT molecular complexity index is 3180. The van der Waals surface area contributed by atoms with E-state index in [9.17, 15) is 5.11 Å². The van der Waals surface area contributed by atoms with E-state index in [4.69, 9.17) is 22.8 Å². The van der Waals surface area contributed by atoms with Crippen molar-refractivity contribution in [1.29, 1.82) is 0 Å². The Morgan fingerprint density at radius 2 is 1.46 bits per heavy atom. The van der Waals surface area contributed by atoms with Gasteiger partial charge in [-0.3, -0.25) is 9.55 Å². The number of aromatic nitrogens is 3. The number of para-hydroxylation sites is 2. The second-order valence-corrected chi connectivity index (χ2v) is 13.9. The molecule has 0 aliphatic rings. The molecule has 6 aromatic carbocycles. The van der Waals surface area contributed by atoms with E-state index in [0.29, 0.717) is 50.2 Å². The van der Waals surface area contributed by atoms with Crippen LogP contribution in [-0.2, 0) is 26.5 Å². The van der Waals surface area contributed by atoms with Crippen molar-refractivity contribution in [2.24, 2.45) is 0 Å². The summed E-state index contributed by atoms with van der Waals surface area (Å²) in [6.45, 7) is -2.39. The summed E-state index contributed by atoms with van der Waals surface area (Å²) in [5, 5.41) is 11.3. The topological polar surface area (TPSA) is 50.9 Å². The van der Waals surface area contributed by atoms with Gasteiger partial charge in [0, 0.05) is 51.0 Å². The summed E-state index contributed by atoms with van der Waals surface area (Å²) in [5.74, 6) is 0.150. The van der Waals surface area contributed by atoms with Gasteiger partial charge in [-0.1, -0.05) is 122 Å².